The molecule has 2 N–H and O–H groups in total. The van der Waals surface area contributed by atoms with Gasteiger partial charge in [-0.1, -0.05) is 13.8 Å². The largest absolute Gasteiger partial charge is 0.356 e. The first-order chi connectivity index (χ1) is 7.52. The summed E-state index contributed by atoms with van der Waals surface area (Å²) in [5.74, 6) is 0.151. The highest BCUT2D eigenvalue weighted by molar-refractivity contribution is 5.75. The zero-order valence-electron chi connectivity index (χ0n) is 11.2. The highest BCUT2D eigenvalue weighted by Gasteiger charge is 2.00. The van der Waals surface area contributed by atoms with E-state index in [1.54, 1.807) is 0 Å². The first-order valence-corrected chi connectivity index (χ1v) is 6.17. The Kier molecular flexibility index (Phi) is 9.24. The van der Waals surface area contributed by atoms with Crippen LogP contribution in [0.3, 0.4) is 0 Å². The molecule has 0 heterocycles. The Morgan fingerprint density at radius 1 is 1.19 bits per heavy atom. The summed E-state index contributed by atoms with van der Waals surface area (Å²) in [6.07, 6.45) is 2.77. The second-order valence-corrected chi connectivity index (χ2v) is 4.72. The van der Waals surface area contributed by atoms with Crippen LogP contribution >= 0.6 is 0 Å². The molecule has 4 nitrogen and oxygen atoms in total. The maximum absolute atomic E-state index is 11.4. The van der Waals surface area contributed by atoms with Gasteiger partial charge in [0.2, 0.25) is 5.91 Å². The van der Waals surface area contributed by atoms with Crippen LogP contribution in [0.2, 0.25) is 0 Å². The van der Waals surface area contributed by atoms with Crippen LogP contribution in [0.25, 0.3) is 0 Å². The van der Waals surface area contributed by atoms with E-state index >= 15 is 0 Å². The SMILES string of the molecule is CC(C)NCCC(=O)NCCCCN(C)C. The molecule has 0 aliphatic heterocycles. The Morgan fingerprint density at radius 2 is 1.88 bits per heavy atom. The van der Waals surface area contributed by atoms with Gasteiger partial charge in [0, 0.05) is 25.6 Å². The van der Waals surface area contributed by atoms with Crippen molar-refractivity contribution in [1.29, 1.82) is 0 Å². The van der Waals surface area contributed by atoms with Crippen molar-refractivity contribution in [3.05, 3.63) is 0 Å². The maximum atomic E-state index is 11.4. The molecular formula is C12H27N3O. The van der Waals surface area contributed by atoms with Gasteiger partial charge in [-0.2, -0.15) is 0 Å². The van der Waals surface area contributed by atoms with Gasteiger partial charge in [0.05, 0.1) is 0 Å². The number of carbonyl (C=O) groups is 1. The monoisotopic (exact) mass is 229 g/mol. The summed E-state index contributed by atoms with van der Waals surface area (Å²) in [6, 6.07) is 0.452. The van der Waals surface area contributed by atoms with Crippen LogP contribution in [0.15, 0.2) is 0 Å². The summed E-state index contributed by atoms with van der Waals surface area (Å²) in [4.78, 5) is 13.5. The molecule has 0 bridgehead atoms. The minimum Gasteiger partial charge on any atom is -0.356 e. The van der Waals surface area contributed by atoms with Gasteiger partial charge in [-0.15, -0.1) is 0 Å². The summed E-state index contributed by atoms with van der Waals surface area (Å²) >= 11 is 0. The second kappa shape index (κ2) is 9.60. The van der Waals surface area contributed by atoms with Gasteiger partial charge in [-0.25, -0.2) is 0 Å². The Labute approximate surface area is 99.8 Å². The third-order valence-corrected chi connectivity index (χ3v) is 2.26. The van der Waals surface area contributed by atoms with Crippen LogP contribution < -0.4 is 10.6 Å². The molecule has 0 aliphatic rings. The Morgan fingerprint density at radius 3 is 2.44 bits per heavy atom. The van der Waals surface area contributed by atoms with Crippen molar-refractivity contribution >= 4 is 5.91 Å². The number of nitrogens with one attached hydrogen (secondary N) is 2. The summed E-state index contributed by atoms with van der Waals surface area (Å²) in [5.41, 5.74) is 0. The number of unbranched alkanes of at least 4 members (excludes halogenated alkanes) is 1. The predicted molar refractivity (Wildman–Crippen MR) is 68.6 cm³/mol. The number of amides is 1. The average Bonchev–Trinajstić information content (AvgIpc) is 2.16. The van der Waals surface area contributed by atoms with Gasteiger partial charge in [0.15, 0.2) is 0 Å². The van der Waals surface area contributed by atoms with E-state index in [4.69, 9.17) is 0 Å². The molecule has 0 aromatic rings. The molecule has 16 heavy (non-hydrogen) atoms. The summed E-state index contributed by atoms with van der Waals surface area (Å²) in [6.45, 7) is 6.82. The third kappa shape index (κ3) is 11.5. The van der Waals surface area contributed by atoms with Gasteiger partial charge in [0.25, 0.3) is 0 Å². The number of hydrogen-bond acceptors (Lipinski definition) is 3. The Balaban J connectivity index is 3.24. The van der Waals surface area contributed by atoms with E-state index in [1.807, 2.05) is 0 Å². The number of nitrogens with zero attached hydrogens (tertiary/aromatic N) is 1. The lowest BCUT2D eigenvalue weighted by atomic mass is 10.3. The Bertz CT molecular complexity index is 181. The lowest BCUT2D eigenvalue weighted by Crippen LogP contribution is -2.31. The van der Waals surface area contributed by atoms with Crippen LogP contribution in [0.1, 0.15) is 33.1 Å². The molecule has 96 valence electrons. The molecule has 0 aromatic heterocycles. The van der Waals surface area contributed by atoms with Crippen molar-refractivity contribution in [2.45, 2.75) is 39.2 Å². The van der Waals surface area contributed by atoms with Gasteiger partial charge in [-0.05, 0) is 33.5 Å². The van der Waals surface area contributed by atoms with Crippen LogP contribution in [0.5, 0.6) is 0 Å². The average molecular weight is 229 g/mol. The van der Waals surface area contributed by atoms with E-state index in [2.05, 4.69) is 43.5 Å². The molecule has 0 saturated heterocycles. The van der Waals surface area contributed by atoms with Crippen molar-refractivity contribution in [2.75, 3.05) is 33.7 Å². The first-order valence-electron chi connectivity index (χ1n) is 6.17. The lowest BCUT2D eigenvalue weighted by molar-refractivity contribution is -0.121. The third-order valence-electron chi connectivity index (χ3n) is 2.26. The second-order valence-electron chi connectivity index (χ2n) is 4.72. The normalized spacial score (nSPS) is 11.1. The molecule has 0 saturated carbocycles. The molecule has 0 atom stereocenters. The van der Waals surface area contributed by atoms with Crippen molar-refractivity contribution in [3.8, 4) is 0 Å². The summed E-state index contributed by atoms with van der Waals surface area (Å²) < 4.78 is 0. The van der Waals surface area contributed by atoms with Gasteiger partial charge in [-0.3, -0.25) is 4.79 Å². The van der Waals surface area contributed by atoms with E-state index in [0.717, 1.165) is 32.5 Å². The lowest BCUT2D eigenvalue weighted by Gasteiger charge is -2.10. The number of carbonyl (C=O) groups excluding carboxylic acids is 1. The van der Waals surface area contributed by atoms with E-state index in [1.165, 1.54) is 0 Å². The molecule has 0 fully saturated rings. The van der Waals surface area contributed by atoms with E-state index < -0.39 is 0 Å². The molecule has 0 unspecified atom stereocenters. The predicted octanol–water partition coefficient (Wildman–Crippen LogP) is 0.833. The van der Waals surface area contributed by atoms with Crippen LogP contribution in [0.4, 0.5) is 0 Å². The van der Waals surface area contributed by atoms with Crippen molar-refractivity contribution in [2.24, 2.45) is 0 Å². The quantitative estimate of drug-likeness (QED) is 0.576. The van der Waals surface area contributed by atoms with Crippen LogP contribution in [0, 0.1) is 0 Å². The van der Waals surface area contributed by atoms with Gasteiger partial charge < -0.3 is 15.5 Å². The van der Waals surface area contributed by atoms with E-state index in [0.29, 0.717) is 12.5 Å². The molecule has 1 amide bonds. The topological polar surface area (TPSA) is 44.4 Å². The van der Waals surface area contributed by atoms with E-state index in [-0.39, 0.29) is 5.91 Å². The zero-order chi connectivity index (χ0) is 12.4. The number of hydrogen-bond donors (Lipinski definition) is 2. The molecule has 4 heteroatoms. The smallest absolute Gasteiger partial charge is 0.221 e. The minimum absolute atomic E-state index is 0.151. The van der Waals surface area contributed by atoms with Gasteiger partial charge in [0.1, 0.15) is 0 Å². The molecule has 0 radical (unpaired) electrons. The Hall–Kier alpha value is -0.610. The minimum atomic E-state index is 0.151. The maximum Gasteiger partial charge on any atom is 0.221 e. The first kappa shape index (κ1) is 15.4. The highest BCUT2D eigenvalue weighted by atomic mass is 16.1. The molecule has 0 rings (SSSR count). The fourth-order valence-corrected chi connectivity index (χ4v) is 1.34. The molecule has 0 aromatic carbocycles. The van der Waals surface area contributed by atoms with Crippen LogP contribution in [-0.2, 0) is 4.79 Å². The standard InChI is InChI=1S/C12H27N3O/c1-11(2)13-9-7-12(16)14-8-5-6-10-15(3)4/h11,13H,5-10H2,1-4H3,(H,14,16). The zero-order valence-corrected chi connectivity index (χ0v) is 11.2. The summed E-state index contributed by atoms with van der Waals surface area (Å²) in [5, 5.41) is 6.16. The highest BCUT2D eigenvalue weighted by Crippen LogP contribution is 1.89. The van der Waals surface area contributed by atoms with Gasteiger partial charge >= 0.3 is 0 Å². The number of rotatable bonds is 9. The van der Waals surface area contributed by atoms with E-state index in [9.17, 15) is 4.79 Å². The molecule has 0 aliphatic carbocycles. The van der Waals surface area contributed by atoms with Crippen molar-refractivity contribution < 1.29 is 4.79 Å². The molecule has 0 spiro atoms. The van der Waals surface area contributed by atoms with Crippen LogP contribution in [-0.4, -0.2) is 50.6 Å². The fourth-order valence-electron chi connectivity index (χ4n) is 1.34. The molecular weight excluding hydrogens is 202 g/mol. The summed E-state index contributed by atoms with van der Waals surface area (Å²) in [7, 11) is 4.13. The van der Waals surface area contributed by atoms with Crippen molar-refractivity contribution in [1.82, 2.24) is 15.5 Å². The van der Waals surface area contributed by atoms with Crippen molar-refractivity contribution in [3.63, 3.8) is 0 Å². The fraction of sp³-hybridized carbons (Fsp3) is 0.917.